The summed E-state index contributed by atoms with van der Waals surface area (Å²) in [5.41, 5.74) is 0.991. The van der Waals surface area contributed by atoms with E-state index in [0.29, 0.717) is 26.1 Å². The third-order valence-electron chi connectivity index (χ3n) is 4.71. The average Bonchev–Trinajstić information content (AvgIpc) is 2.64. The summed E-state index contributed by atoms with van der Waals surface area (Å²) in [6.45, 7) is 8.80. The molecule has 0 saturated carbocycles. The van der Waals surface area contributed by atoms with Crippen molar-refractivity contribution in [1.82, 2.24) is 14.7 Å². The van der Waals surface area contributed by atoms with Gasteiger partial charge in [-0.3, -0.25) is 14.5 Å². The molecule has 1 heterocycles. The zero-order chi connectivity index (χ0) is 18.2. The monoisotopic (exact) mass is 347 g/mol. The number of rotatable bonds is 7. The molecule has 0 N–H and O–H groups in total. The van der Waals surface area contributed by atoms with E-state index in [1.54, 1.807) is 7.11 Å². The predicted molar refractivity (Wildman–Crippen MR) is 97.6 cm³/mol. The zero-order valence-corrected chi connectivity index (χ0v) is 15.5. The molecule has 0 atom stereocenters. The lowest BCUT2D eigenvalue weighted by Crippen LogP contribution is -2.51. The summed E-state index contributed by atoms with van der Waals surface area (Å²) >= 11 is 0. The van der Waals surface area contributed by atoms with Crippen molar-refractivity contribution in [3.05, 3.63) is 29.8 Å². The molecule has 1 fully saturated rings. The van der Waals surface area contributed by atoms with Gasteiger partial charge in [0.25, 0.3) is 0 Å². The van der Waals surface area contributed by atoms with Crippen LogP contribution in [0.15, 0.2) is 24.3 Å². The SMILES string of the molecule is CCN(CC)C(=O)CN1CCN(C(=O)Cc2ccc(OC)cc2)CC1. The Labute approximate surface area is 150 Å². The van der Waals surface area contributed by atoms with Gasteiger partial charge < -0.3 is 14.5 Å². The normalized spacial score (nSPS) is 15.1. The van der Waals surface area contributed by atoms with Crippen molar-refractivity contribution < 1.29 is 14.3 Å². The molecule has 2 rings (SSSR count). The Morgan fingerprint density at radius 3 is 2.16 bits per heavy atom. The van der Waals surface area contributed by atoms with E-state index in [0.717, 1.165) is 37.5 Å². The average molecular weight is 347 g/mol. The molecular formula is C19H29N3O3. The molecule has 1 aromatic carbocycles. The summed E-state index contributed by atoms with van der Waals surface area (Å²) < 4.78 is 5.14. The molecule has 0 unspecified atom stereocenters. The fourth-order valence-electron chi connectivity index (χ4n) is 3.05. The number of nitrogens with zero attached hydrogens (tertiary/aromatic N) is 3. The molecule has 0 aliphatic carbocycles. The van der Waals surface area contributed by atoms with E-state index in [4.69, 9.17) is 4.74 Å². The first-order valence-corrected chi connectivity index (χ1v) is 8.98. The van der Waals surface area contributed by atoms with Gasteiger partial charge in [0, 0.05) is 39.3 Å². The van der Waals surface area contributed by atoms with Crippen LogP contribution in [0.5, 0.6) is 5.75 Å². The van der Waals surface area contributed by atoms with Gasteiger partial charge in [0.2, 0.25) is 11.8 Å². The molecule has 1 saturated heterocycles. The molecule has 0 bridgehead atoms. The van der Waals surface area contributed by atoms with Crippen LogP contribution in [0.1, 0.15) is 19.4 Å². The standard InChI is InChI=1S/C19H29N3O3/c1-4-21(5-2)19(24)15-20-10-12-22(13-11-20)18(23)14-16-6-8-17(25-3)9-7-16/h6-9H,4-5,10-15H2,1-3H3. The number of methoxy groups -OCH3 is 1. The number of hydrogen-bond donors (Lipinski definition) is 0. The van der Waals surface area contributed by atoms with Crippen molar-refractivity contribution in [2.45, 2.75) is 20.3 Å². The Kier molecular flexibility index (Phi) is 7.25. The minimum atomic E-state index is 0.139. The van der Waals surface area contributed by atoms with Crippen LogP contribution in [-0.2, 0) is 16.0 Å². The first-order valence-electron chi connectivity index (χ1n) is 8.98. The third-order valence-corrected chi connectivity index (χ3v) is 4.71. The molecule has 1 aromatic rings. The van der Waals surface area contributed by atoms with Crippen LogP contribution in [0.3, 0.4) is 0 Å². The van der Waals surface area contributed by atoms with Crippen molar-refractivity contribution in [2.75, 3.05) is 52.9 Å². The summed E-state index contributed by atoms with van der Waals surface area (Å²) in [7, 11) is 1.63. The van der Waals surface area contributed by atoms with Gasteiger partial charge in [-0.15, -0.1) is 0 Å². The van der Waals surface area contributed by atoms with E-state index < -0.39 is 0 Å². The van der Waals surface area contributed by atoms with Crippen molar-refractivity contribution in [1.29, 1.82) is 0 Å². The molecule has 1 aliphatic rings. The Hall–Kier alpha value is -2.08. The highest BCUT2D eigenvalue weighted by molar-refractivity contribution is 5.79. The second kappa shape index (κ2) is 9.42. The van der Waals surface area contributed by atoms with Crippen molar-refractivity contribution in [2.24, 2.45) is 0 Å². The number of benzene rings is 1. The number of carbonyl (C=O) groups is 2. The number of hydrogen-bond acceptors (Lipinski definition) is 4. The Morgan fingerprint density at radius 1 is 1.04 bits per heavy atom. The van der Waals surface area contributed by atoms with Crippen LogP contribution in [0, 0.1) is 0 Å². The topological polar surface area (TPSA) is 53.1 Å². The fraction of sp³-hybridized carbons (Fsp3) is 0.579. The lowest BCUT2D eigenvalue weighted by molar-refractivity contribution is -0.134. The molecule has 2 amide bonds. The quantitative estimate of drug-likeness (QED) is 0.745. The molecule has 138 valence electrons. The van der Waals surface area contributed by atoms with E-state index >= 15 is 0 Å². The number of likely N-dealkylation sites (N-methyl/N-ethyl adjacent to an activating group) is 1. The second-order valence-electron chi connectivity index (χ2n) is 6.25. The van der Waals surface area contributed by atoms with Crippen LogP contribution in [-0.4, -0.2) is 79.4 Å². The van der Waals surface area contributed by atoms with Crippen molar-refractivity contribution in [3.63, 3.8) is 0 Å². The van der Waals surface area contributed by atoms with Gasteiger partial charge in [0.15, 0.2) is 0 Å². The summed E-state index contributed by atoms with van der Waals surface area (Å²) in [4.78, 5) is 30.5. The summed E-state index contributed by atoms with van der Waals surface area (Å²) in [5, 5.41) is 0. The molecular weight excluding hydrogens is 318 g/mol. The summed E-state index contributed by atoms with van der Waals surface area (Å²) in [6, 6.07) is 7.60. The predicted octanol–water partition coefficient (Wildman–Crippen LogP) is 1.25. The maximum Gasteiger partial charge on any atom is 0.236 e. The third kappa shape index (κ3) is 5.46. The number of amides is 2. The van der Waals surface area contributed by atoms with Gasteiger partial charge in [0.1, 0.15) is 5.75 Å². The highest BCUT2D eigenvalue weighted by Gasteiger charge is 2.23. The molecule has 6 nitrogen and oxygen atoms in total. The van der Waals surface area contributed by atoms with Gasteiger partial charge in [-0.25, -0.2) is 0 Å². The van der Waals surface area contributed by atoms with Crippen LogP contribution >= 0.6 is 0 Å². The maximum absolute atomic E-state index is 12.5. The Bertz CT molecular complexity index is 562. The Balaban J connectivity index is 1.78. The second-order valence-corrected chi connectivity index (χ2v) is 6.25. The smallest absolute Gasteiger partial charge is 0.236 e. The molecule has 1 aliphatic heterocycles. The van der Waals surface area contributed by atoms with Gasteiger partial charge >= 0.3 is 0 Å². The first-order chi connectivity index (χ1) is 12.1. The van der Waals surface area contributed by atoms with E-state index in [9.17, 15) is 9.59 Å². The van der Waals surface area contributed by atoms with Crippen molar-refractivity contribution >= 4 is 11.8 Å². The molecule has 0 radical (unpaired) electrons. The van der Waals surface area contributed by atoms with E-state index in [1.165, 1.54) is 0 Å². The van der Waals surface area contributed by atoms with Crippen LogP contribution < -0.4 is 4.74 Å². The fourth-order valence-corrected chi connectivity index (χ4v) is 3.05. The largest absolute Gasteiger partial charge is 0.497 e. The van der Waals surface area contributed by atoms with E-state index in [1.807, 2.05) is 47.9 Å². The molecule has 0 aromatic heterocycles. The molecule has 25 heavy (non-hydrogen) atoms. The minimum absolute atomic E-state index is 0.139. The molecule has 6 heteroatoms. The van der Waals surface area contributed by atoms with E-state index in [2.05, 4.69) is 4.90 Å². The van der Waals surface area contributed by atoms with Crippen LogP contribution in [0.2, 0.25) is 0 Å². The van der Waals surface area contributed by atoms with Gasteiger partial charge in [-0.05, 0) is 31.5 Å². The highest BCUT2D eigenvalue weighted by Crippen LogP contribution is 2.13. The minimum Gasteiger partial charge on any atom is -0.497 e. The van der Waals surface area contributed by atoms with E-state index in [-0.39, 0.29) is 11.8 Å². The summed E-state index contributed by atoms with van der Waals surface area (Å²) in [6.07, 6.45) is 0.405. The summed E-state index contributed by atoms with van der Waals surface area (Å²) in [5.74, 6) is 1.10. The van der Waals surface area contributed by atoms with Gasteiger partial charge in [-0.2, -0.15) is 0 Å². The van der Waals surface area contributed by atoms with Gasteiger partial charge in [-0.1, -0.05) is 12.1 Å². The van der Waals surface area contributed by atoms with Crippen molar-refractivity contribution in [3.8, 4) is 5.75 Å². The van der Waals surface area contributed by atoms with Gasteiger partial charge in [0.05, 0.1) is 20.1 Å². The Morgan fingerprint density at radius 2 is 1.64 bits per heavy atom. The lowest BCUT2D eigenvalue weighted by Gasteiger charge is -2.35. The number of carbonyl (C=O) groups excluding carboxylic acids is 2. The highest BCUT2D eigenvalue weighted by atomic mass is 16.5. The zero-order valence-electron chi connectivity index (χ0n) is 15.5. The van der Waals surface area contributed by atoms with Crippen LogP contribution in [0.4, 0.5) is 0 Å². The first kappa shape index (κ1) is 19.2. The number of piperazine rings is 1. The van der Waals surface area contributed by atoms with Crippen LogP contribution in [0.25, 0.3) is 0 Å². The lowest BCUT2D eigenvalue weighted by atomic mass is 10.1. The molecule has 0 spiro atoms. The maximum atomic E-state index is 12.5. The number of ether oxygens (including phenoxy) is 1.